The maximum Gasteiger partial charge on any atom is 0.251 e. The summed E-state index contributed by atoms with van der Waals surface area (Å²) in [6.07, 6.45) is -2.95. The van der Waals surface area contributed by atoms with E-state index in [1.807, 2.05) is 36.4 Å². The first-order valence-corrected chi connectivity index (χ1v) is 9.07. The molecule has 4 rings (SSSR count). The highest BCUT2D eigenvalue weighted by atomic mass is 16.7. The fraction of sp³-hybridized carbons (Fsp3) is 0.333. The first-order chi connectivity index (χ1) is 13.7. The second-order valence-corrected chi connectivity index (χ2v) is 6.64. The average Bonchev–Trinajstić information content (AvgIpc) is 2.76. The van der Waals surface area contributed by atoms with E-state index < -0.39 is 30.8 Å². The van der Waals surface area contributed by atoms with Gasteiger partial charge in [0.25, 0.3) is 5.91 Å². The Morgan fingerprint density at radius 1 is 1.04 bits per heavy atom. The SMILES string of the molecule is CO[C@H]1O[C@@H]2CO[C@@H](c3ccccc3)O[C@H]2[C@@H](NC(=O)c2ccccc2)C1=O. The summed E-state index contributed by atoms with van der Waals surface area (Å²) in [5.41, 5.74) is 1.29. The van der Waals surface area contributed by atoms with E-state index in [4.69, 9.17) is 18.9 Å². The van der Waals surface area contributed by atoms with Gasteiger partial charge in [-0.1, -0.05) is 48.5 Å². The number of Topliss-reactive ketones (excluding diaryl/α,β-unsaturated/α-hetero) is 1. The van der Waals surface area contributed by atoms with E-state index >= 15 is 0 Å². The zero-order valence-corrected chi connectivity index (χ0v) is 15.3. The summed E-state index contributed by atoms with van der Waals surface area (Å²) in [4.78, 5) is 25.5. The Bertz CT molecular complexity index is 827. The molecule has 0 radical (unpaired) electrons. The molecule has 2 fully saturated rings. The Balaban J connectivity index is 1.57. The van der Waals surface area contributed by atoms with E-state index in [1.165, 1.54) is 7.11 Å². The van der Waals surface area contributed by atoms with Crippen molar-refractivity contribution in [3.8, 4) is 0 Å². The van der Waals surface area contributed by atoms with Crippen LogP contribution >= 0.6 is 0 Å². The van der Waals surface area contributed by atoms with E-state index in [0.717, 1.165) is 5.56 Å². The molecule has 2 aromatic carbocycles. The Morgan fingerprint density at radius 2 is 1.71 bits per heavy atom. The minimum Gasteiger partial charge on any atom is -0.349 e. The minimum absolute atomic E-state index is 0.217. The molecule has 0 bridgehead atoms. The summed E-state index contributed by atoms with van der Waals surface area (Å²) in [6, 6.07) is 17.2. The van der Waals surface area contributed by atoms with Gasteiger partial charge in [-0.2, -0.15) is 0 Å². The predicted molar refractivity (Wildman–Crippen MR) is 98.4 cm³/mol. The number of methoxy groups -OCH3 is 1. The molecule has 2 saturated heterocycles. The number of rotatable bonds is 4. The molecule has 0 saturated carbocycles. The highest BCUT2D eigenvalue weighted by Crippen LogP contribution is 2.33. The number of nitrogens with one attached hydrogen (secondary N) is 1. The fourth-order valence-electron chi connectivity index (χ4n) is 3.42. The summed E-state index contributed by atoms with van der Waals surface area (Å²) in [6.45, 7) is 0.217. The molecule has 7 heteroatoms. The van der Waals surface area contributed by atoms with Crippen LogP contribution in [0.4, 0.5) is 0 Å². The zero-order valence-electron chi connectivity index (χ0n) is 15.3. The summed E-state index contributed by atoms with van der Waals surface area (Å²) in [5, 5.41) is 2.79. The summed E-state index contributed by atoms with van der Waals surface area (Å²) < 4.78 is 22.7. The van der Waals surface area contributed by atoms with Crippen LogP contribution in [0.1, 0.15) is 22.2 Å². The molecule has 1 N–H and O–H groups in total. The molecule has 146 valence electrons. The molecule has 2 aliphatic heterocycles. The van der Waals surface area contributed by atoms with E-state index in [0.29, 0.717) is 5.56 Å². The van der Waals surface area contributed by atoms with E-state index in [-0.39, 0.29) is 18.3 Å². The normalized spacial score (nSPS) is 29.8. The smallest absolute Gasteiger partial charge is 0.251 e. The molecule has 0 aliphatic carbocycles. The molecular weight excluding hydrogens is 362 g/mol. The number of amides is 1. The third kappa shape index (κ3) is 3.70. The van der Waals surface area contributed by atoms with Crippen LogP contribution < -0.4 is 5.32 Å². The van der Waals surface area contributed by atoms with Gasteiger partial charge in [0, 0.05) is 18.2 Å². The van der Waals surface area contributed by atoms with Gasteiger partial charge in [0.2, 0.25) is 12.1 Å². The molecule has 2 aliphatic rings. The van der Waals surface area contributed by atoms with Crippen molar-refractivity contribution in [1.82, 2.24) is 5.32 Å². The van der Waals surface area contributed by atoms with E-state index in [1.54, 1.807) is 24.3 Å². The Hall–Kier alpha value is -2.58. The van der Waals surface area contributed by atoms with Gasteiger partial charge in [0.15, 0.2) is 6.29 Å². The van der Waals surface area contributed by atoms with Gasteiger partial charge in [-0.3, -0.25) is 9.59 Å². The molecule has 28 heavy (non-hydrogen) atoms. The number of ketones is 1. The third-order valence-corrected chi connectivity index (χ3v) is 4.83. The molecule has 2 aromatic rings. The first kappa shape index (κ1) is 18.8. The molecular formula is C21H21NO6. The van der Waals surface area contributed by atoms with Gasteiger partial charge < -0.3 is 24.3 Å². The van der Waals surface area contributed by atoms with Crippen molar-refractivity contribution in [3.63, 3.8) is 0 Å². The van der Waals surface area contributed by atoms with Crippen molar-refractivity contribution in [1.29, 1.82) is 0 Å². The van der Waals surface area contributed by atoms with E-state index in [9.17, 15) is 9.59 Å². The van der Waals surface area contributed by atoms with Gasteiger partial charge in [0.1, 0.15) is 18.2 Å². The van der Waals surface area contributed by atoms with Crippen molar-refractivity contribution in [2.75, 3.05) is 13.7 Å². The van der Waals surface area contributed by atoms with Crippen molar-refractivity contribution < 1.29 is 28.5 Å². The minimum atomic E-state index is -1.08. The van der Waals surface area contributed by atoms with Crippen LogP contribution in [0.25, 0.3) is 0 Å². The second-order valence-electron chi connectivity index (χ2n) is 6.64. The van der Waals surface area contributed by atoms with Crippen LogP contribution in [0.15, 0.2) is 60.7 Å². The maximum absolute atomic E-state index is 12.8. The Kier molecular flexibility index (Phi) is 5.50. The van der Waals surface area contributed by atoms with Crippen LogP contribution in [-0.4, -0.2) is 49.9 Å². The number of fused-ring (bicyclic) bond motifs is 1. The molecule has 0 spiro atoms. The van der Waals surface area contributed by atoms with Crippen LogP contribution in [0.3, 0.4) is 0 Å². The zero-order chi connectivity index (χ0) is 19.5. The lowest BCUT2D eigenvalue weighted by Gasteiger charge is -2.44. The molecule has 0 aromatic heterocycles. The number of carbonyl (C=O) groups excluding carboxylic acids is 2. The number of ether oxygens (including phenoxy) is 4. The number of hydrogen-bond donors (Lipinski definition) is 1. The van der Waals surface area contributed by atoms with Gasteiger partial charge in [0.05, 0.1) is 6.61 Å². The second kappa shape index (κ2) is 8.20. The molecule has 1 amide bonds. The Morgan fingerprint density at radius 3 is 2.39 bits per heavy atom. The largest absolute Gasteiger partial charge is 0.349 e. The number of hydrogen-bond acceptors (Lipinski definition) is 6. The highest BCUT2D eigenvalue weighted by molar-refractivity contribution is 5.99. The standard InChI is InChI=1S/C21H21NO6/c1-25-21-17(23)16(22-19(24)13-8-4-2-5-9-13)18-15(27-21)12-26-20(28-18)14-10-6-3-7-11-14/h2-11,15-16,18,20-21H,12H2,1H3,(H,22,24)/t15-,16+,18-,20-,21+/m1/s1. The maximum atomic E-state index is 12.8. The number of benzene rings is 2. The van der Waals surface area contributed by atoms with Crippen molar-refractivity contribution in [3.05, 3.63) is 71.8 Å². The quantitative estimate of drug-likeness (QED) is 0.868. The lowest BCUT2D eigenvalue weighted by molar-refractivity contribution is -0.305. The van der Waals surface area contributed by atoms with Crippen LogP contribution in [-0.2, 0) is 23.7 Å². The fourth-order valence-corrected chi connectivity index (χ4v) is 3.42. The molecule has 0 unspecified atom stereocenters. The highest BCUT2D eigenvalue weighted by Gasteiger charge is 2.50. The van der Waals surface area contributed by atoms with Gasteiger partial charge in [-0.05, 0) is 12.1 Å². The van der Waals surface area contributed by atoms with Gasteiger partial charge in [-0.25, -0.2) is 0 Å². The molecule has 5 atom stereocenters. The molecule has 7 nitrogen and oxygen atoms in total. The van der Waals surface area contributed by atoms with Crippen molar-refractivity contribution in [2.24, 2.45) is 0 Å². The van der Waals surface area contributed by atoms with Crippen LogP contribution in [0, 0.1) is 0 Å². The summed E-state index contributed by atoms with van der Waals surface area (Å²) >= 11 is 0. The molecule has 2 heterocycles. The topological polar surface area (TPSA) is 83.1 Å². The van der Waals surface area contributed by atoms with Crippen molar-refractivity contribution >= 4 is 11.7 Å². The average molecular weight is 383 g/mol. The summed E-state index contributed by atoms with van der Waals surface area (Å²) in [5.74, 6) is -0.748. The lowest BCUT2D eigenvalue weighted by atomic mass is 9.95. The number of carbonyl (C=O) groups is 2. The van der Waals surface area contributed by atoms with Gasteiger partial charge >= 0.3 is 0 Å². The van der Waals surface area contributed by atoms with Crippen LogP contribution in [0.5, 0.6) is 0 Å². The van der Waals surface area contributed by atoms with Crippen LogP contribution in [0.2, 0.25) is 0 Å². The van der Waals surface area contributed by atoms with E-state index in [2.05, 4.69) is 5.32 Å². The first-order valence-electron chi connectivity index (χ1n) is 9.07. The Labute approximate surface area is 162 Å². The predicted octanol–water partition coefficient (Wildman–Crippen LogP) is 1.84. The lowest BCUT2D eigenvalue weighted by Crippen LogP contribution is -2.65. The van der Waals surface area contributed by atoms with Gasteiger partial charge in [-0.15, -0.1) is 0 Å². The third-order valence-electron chi connectivity index (χ3n) is 4.83. The summed E-state index contributed by atoms with van der Waals surface area (Å²) in [7, 11) is 1.39. The van der Waals surface area contributed by atoms with Crippen molar-refractivity contribution in [2.45, 2.75) is 30.8 Å². The monoisotopic (exact) mass is 383 g/mol.